The van der Waals surface area contributed by atoms with Gasteiger partial charge in [0.25, 0.3) is 0 Å². The predicted octanol–water partition coefficient (Wildman–Crippen LogP) is 1.48. The molecule has 0 radical (unpaired) electrons. The molecule has 0 atom stereocenters. The predicted molar refractivity (Wildman–Crippen MR) is 66.5 cm³/mol. The topological polar surface area (TPSA) is 58.4 Å². The van der Waals surface area contributed by atoms with Crippen LogP contribution in [-0.4, -0.2) is 45.4 Å². The molecule has 1 aromatic rings. The Kier molecular flexibility index (Phi) is 3.07. The molecule has 1 saturated carbocycles. The van der Waals surface area contributed by atoms with Crippen LogP contribution < -0.4 is 0 Å². The van der Waals surface area contributed by atoms with Crippen LogP contribution in [0.1, 0.15) is 43.3 Å². The molecule has 0 spiro atoms. The molecule has 1 aromatic heterocycles. The van der Waals surface area contributed by atoms with Crippen molar-refractivity contribution in [3.05, 3.63) is 18.0 Å². The number of aliphatic carboxylic acids is 1. The monoisotopic (exact) mass is 249 g/mol. The van der Waals surface area contributed by atoms with Gasteiger partial charge in [-0.3, -0.25) is 14.4 Å². The van der Waals surface area contributed by atoms with Crippen LogP contribution in [0, 0.1) is 0 Å². The molecule has 2 fully saturated rings. The van der Waals surface area contributed by atoms with Crippen molar-refractivity contribution in [3.63, 3.8) is 0 Å². The highest BCUT2D eigenvalue weighted by atomic mass is 16.4. The van der Waals surface area contributed by atoms with Gasteiger partial charge in [0, 0.05) is 30.9 Å². The van der Waals surface area contributed by atoms with E-state index in [2.05, 4.69) is 15.8 Å². The van der Waals surface area contributed by atoms with Crippen molar-refractivity contribution in [2.75, 3.05) is 19.6 Å². The van der Waals surface area contributed by atoms with E-state index in [-0.39, 0.29) is 6.54 Å². The average Bonchev–Trinajstić information content (AvgIpc) is 3.08. The van der Waals surface area contributed by atoms with E-state index in [1.165, 1.54) is 18.5 Å². The van der Waals surface area contributed by atoms with Crippen LogP contribution in [0.2, 0.25) is 0 Å². The second-order valence-corrected chi connectivity index (χ2v) is 5.38. The second-order valence-electron chi connectivity index (χ2n) is 5.38. The minimum absolute atomic E-state index is 0.168. The molecule has 1 saturated heterocycles. The molecule has 0 aromatic carbocycles. The number of hydrogen-bond acceptors (Lipinski definition) is 3. The van der Waals surface area contributed by atoms with Crippen molar-refractivity contribution in [2.45, 2.75) is 37.6 Å². The molecule has 1 N–H and O–H groups in total. The van der Waals surface area contributed by atoms with Crippen molar-refractivity contribution in [1.29, 1.82) is 0 Å². The number of piperidine rings is 1. The smallest absolute Gasteiger partial charge is 0.317 e. The summed E-state index contributed by atoms with van der Waals surface area (Å²) in [4.78, 5) is 12.7. The quantitative estimate of drug-likeness (QED) is 0.878. The van der Waals surface area contributed by atoms with E-state index in [1.807, 2.05) is 11.1 Å². The van der Waals surface area contributed by atoms with Gasteiger partial charge in [-0.05, 0) is 31.7 Å². The summed E-state index contributed by atoms with van der Waals surface area (Å²) in [6.07, 6.45) is 6.51. The lowest BCUT2D eigenvalue weighted by Crippen LogP contribution is -2.38. The Morgan fingerprint density at radius 2 is 2.06 bits per heavy atom. The highest BCUT2D eigenvalue weighted by Crippen LogP contribution is 2.41. The molecule has 18 heavy (non-hydrogen) atoms. The minimum Gasteiger partial charge on any atom is -0.480 e. The maximum absolute atomic E-state index is 10.7. The van der Waals surface area contributed by atoms with Crippen LogP contribution in [0.5, 0.6) is 0 Å². The lowest BCUT2D eigenvalue weighted by atomic mass is 10.0. The fourth-order valence-corrected chi connectivity index (χ4v) is 2.85. The maximum atomic E-state index is 10.7. The lowest BCUT2D eigenvalue weighted by Gasteiger charge is -2.31. The molecule has 0 amide bonds. The van der Waals surface area contributed by atoms with Gasteiger partial charge >= 0.3 is 5.97 Å². The van der Waals surface area contributed by atoms with E-state index in [4.69, 9.17) is 5.11 Å². The number of likely N-dealkylation sites (tertiary alicyclic amines) is 1. The first-order chi connectivity index (χ1) is 8.74. The summed E-state index contributed by atoms with van der Waals surface area (Å²) in [7, 11) is 0. The van der Waals surface area contributed by atoms with Crippen LogP contribution >= 0.6 is 0 Å². The van der Waals surface area contributed by atoms with Gasteiger partial charge in [0.05, 0.1) is 12.6 Å². The Hall–Kier alpha value is -1.36. The number of hydrogen-bond donors (Lipinski definition) is 1. The summed E-state index contributed by atoms with van der Waals surface area (Å²) in [5.74, 6) is -0.00393. The van der Waals surface area contributed by atoms with Crippen LogP contribution in [0.25, 0.3) is 0 Å². The number of carboxylic acids is 1. The van der Waals surface area contributed by atoms with Gasteiger partial charge in [-0.15, -0.1) is 0 Å². The first-order valence-corrected chi connectivity index (χ1v) is 6.71. The molecule has 0 unspecified atom stereocenters. The van der Waals surface area contributed by atoms with E-state index in [1.54, 1.807) is 0 Å². The molecular weight excluding hydrogens is 230 g/mol. The third-order valence-electron chi connectivity index (χ3n) is 3.96. The number of carboxylic acid groups (broad SMARTS) is 1. The van der Waals surface area contributed by atoms with Crippen LogP contribution in [0.4, 0.5) is 0 Å². The van der Waals surface area contributed by atoms with Gasteiger partial charge in [0.15, 0.2) is 0 Å². The van der Waals surface area contributed by atoms with E-state index < -0.39 is 5.97 Å². The van der Waals surface area contributed by atoms with Crippen LogP contribution in [0.3, 0.4) is 0 Å². The van der Waals surface area contributed by atoms with Crippen molar-refractivity contribution in [2.24, 2.45) is 0 Å². The van der Waals surface area contributed by atoms with E-state index >= 15 is 0 Å². The fourth-order valence-electron chi connectivity index (χ4n) is 2.85. The molecule has 2 aliphatic rings. The average molecular weight is 249 g/mol. The maximum Gasteiger partial charge on any atom is 0.317 e. The molecule has 1 aliphatic carbocycles. The summed E-state index contributed by atoms with van der Waals surface area (Å²) >= 11 is 0. The lowest BCUT2D eigenvalue weighted by molar-refractivity contribution is -0.138. The Balaban J connectivity index is 1.61. The number of nitrogens with zero attached hydrogens (tertiary/aromatic N) is 3. The molecule has 2 heterocycles. The Bertz CT molecular complexity index is 431. The van der Waals surface area contributed by atoms with Gasteiger partial charge in [0.2, 0.25) is 0 Å². The van der Waals surface area contributed by atoms with E-state index in [9.17, 15) is 4.79 Å². The largest absolute Gasteiger partial charge is 0.480 e. The number of carbonyl (C=O) groups is 1. The van der Waals surface area contributed by atoms with E-state index in [0.29, 0.717) is 6.04 Å². The van der Waals surface area contributed by atoms with Gasteiger partial charge < -0.3 is 5.11 Å². The van der Waals surface area contributed by atoms with Gasteiger partial charge in [-0.1, -0.05) is 0 Å². The molecule has 98 valence electrons. The Labute approximate surface area is 106 Å². The molecule has 5 nitrogen and oxygen atoms in total. The zero-order chi connectivity index (χ0) is 12.5. The zero-order valence-corrected chi connectivity index (χ0v) is 10.5. The van der Waals surface area contributed by atoms with Crippen molar-refractivity contribution >= 4 is 5.97 Å². The van der Waals surface area contributed by atoms with Crippen LogP contribution in [-0.2, 0) is 4.79 Å². The normalized spacial score (nSPS) is 22.2. The number of aromatic nitrogens is 2. The van der Waals surface area contributed by atoms with E-state index in [0.717, 1.165) is 31.8 Å². The highest BCUT2D eigenvalue weighted by Gasteiger charge is 2.30. The third-order valence-corrected chi connectivity index (χ3v) is 3.96. The summed E-state index contributed by atoms with van der Waals surface area (Å²) in [6.45, 7) is 1.89. The SMILES string of the molecule is O=C(O)CN1CCC(n2nccc2C2CC2)CC1. The standard InChI is InChI=1S/C13H19N3O2/c17-13(18)9-15-7-4-11(5-8-15)16-12(3-6-14-16)10-1-2-10/h3,6,10-11H,1-2,4-5,7-9H2,(H,17,18). The molecule has 1 aliphatic heterocycles. The van der Waals surface area contributed by atoms with Gasteiger partial charge in [0.1, 0.15) is 0 Å². The Morgan fingerprint density at radius 3 is 2.67 bits per heavy atom. The summed E-state index contributed by atoms with van der Waals surface area (Å²) < 4.78 is 2.19. The molecule has 3 rings (SSSR count). The number of rotatable bonds is 4. The minimum atomic E-state index is -0.730. The fraction of sp³-hybridized carbons (Fsp3) is 0.692. The van der Waals surface area contributed by atoms with Crippen molar-refractivity contribution in [3.8, 4) is 0 Å². The highest BCUT2D eigenvalue weighted by molar-refractivity contribution is 5.69. The van der Waals surface area contributed by atoms with Gasteiger partial charge in [-0.2, -0.15) is 5.10 Å². The Morgan fingerprint density at radius 1 is 1.33 bits per heavy atom. The van der Waals surface area contributed by atoms with Crippen molar-refractivity contribution in [1.82, 2.24) is 14.7 Å². The zero-order valence-electron chi connectivity index (χ0n) is 10.5. The molecule has 5 heteroatoms. The second kappa shape index (κ2) is 4.72. The summed E-state index contributed by atoms with van der Waals surface area (Å²) in [6, 6.07) is 2.60. The third kappa shape index (κ3) is 2.41. The summed E-state index contributed by atoms with van der Waals surface area (Å²) in [5, 5.41) is 13.3. The summed E-state index contributed by atoms with van der Waals surface area (Å²) in [5.41, 5.74) is 1.38. The molecule has 0 bridgehead atoms. The van der Waals surface area contributed by atoms with Crippen molar-refractivity contribution < 1.29 is 9.90 Å². The molecular formula is C13H19N3O2. The van der Waals surface area contributed by atoms with Crippen LogP contribution in [0.15, 0.2) is 12.3 Å². The first kappa shape index (κ1) is 11.7. The van der Waals surface area contributed by atoms with Gasteiger partial charge in [-0.25, -0.2) is 0 Å². The first-order valence-electron chi connectivity index (χ1n) is 6.71.